The second-order valence-electron chi connectivity index (χ2n) is 4.79. The summed E-state index contributed by atoms with van der Waals surface area (Å²) in [5.74, 6) is 0.0874. The monoisotopic (exact) mass is 269 g/mol. The van der Waals surface area contributed by atoms with Gasteiger partial charge in [-0.3, -0.25) is 4.79 Å². The number of aryl methyl sites for hydroxylation is 1. The summed E-state index contributed by atoms with van der Waals surface area (Å²) in [6, 6.07) is 2.00. The predicted molar refractivity (Wildman–Crippen MR) is 73.1 cm³/mol. The molecule has 1 aromatic rings. The van der Waals surface area contributed by atoms with Crippen molar-refractivity contribution in [1.29, 1.82) is 0 Å². The number of piperazine rings is 1. The number of hydrogen-bond donors (Lipinski definition) is 1. The maximum atomic E-state index is 12.5. The van der Waals surface area contributed by atoms with E-state index in [1.807, 2.05) is 15.7 Å². The van der Waals surface area contributed by atoms with E-state index in [1.165, 1.54) is 0 Å². The van der Waals surface area contributed by atoms with Crippen LogP contribution in [0.2, 0.25) is 5.02 Å². The number of carbonyl (C=O) groups excluding carboxylic acids is 1. The molecule has 2 heterocycles. The van der Waals surface area contributed by atoms with Gasteiger partial charge in [0.15, 0.2) is 0 Å². The topological polar surface area (TPSA) is 37.3 Å². The van der Waals surface area contributed by atoms with E-state index in [4.69, 9.17) is 11.6 Å². The molecule has 0 bridgehead atoms. The lowest BCUT2D eigenvalue weighted by molar-refractivity contribution is 0.0644. The molecule has 1 amide bonds. The van der Waals surface area contributed by atoms with Crippen molar-refractivity contribution in [2.24, 2.45) is 0 Å². The Morgan fingerprint density at radius 1 is 1.61 bits per heavy atom. The Kier molecular flexibility index (Phi) is 4.30. The number of halogens is 1. The molecular weight excluding hydrogens is 250 g/mol. The van der Waals surface area contributed by atoms with E-state index in [9.17, 15) is 4.79 Å². The molecule has 1 N–H and O–H groups in total. The average molecular weight is 270 g/mol. The van der Waals surface area contributed by atoms with Gasteiger partial charge < -0.3 is 14.8 Å². The lowest BCUT2D eigenvalue weighted by atomic mass is 10.2. The minimum Gasteiger partial charge on any atom is -0.342 e. The fourth-order valence-electron chi connectivity index (χ4n) is 2.37. The van der Waals surface area contributed by atoms with Crippen molar-refractivity contribution in [1.82, 2.24) is 14.8 Å². The fourth-order valence-corrected chi connectivity index (χ4v) is 2.59. The second-order valence-corrected chi connectivity index (χ2v) is 5.23. The van der Waals surface area contributed by atoms with Crippen LogP contribution in [0.1, 0.15) is 30.8 Å². The van der Waals surface area contributed by atoms with Crippen LogP contribution in [0.15, 0.2) is 12.3 Å². The highest BCUT2D eigenvalue weighted by atomic mass is 35.5. The summed E-state index contributed by atoms with van der Waals surface area (Å²) in [6.07, 6.45) is 2.83. The molecule has 1 aliphatic rings. The van der Waals surface area contributed by atoms with Gasteiger partial charge in [0.25, 0.3) is 5.91 Å². The van der Waals surface area contributed by atoms with Crippen molar-refractivity contribution < 1.29 is 4.79 Å². The highest BCUT2D eigenvalue weighted by molar-refractivity contribution is 6.31. The fraction of sp³-hybridized carbons (Fsp3) is 0.615. The summed E-state index contributed by atoms with van der Waals surface area (Å²) >= 11 is 6.02. The largest absolute Gasteiger partial charge is 0.342 e. The summed E-state index contributed by atoms with van der Waals surface area (Å²) < 4.78 is 1.96. The number of nitrogens with one attached hydrogen (secondary N) is 1. The molecule has 0 saturated carbocycles. The summed E-state index contributed by atoms with van der Waals surface area (Å²) in [6.45, 7) is 7.46. The van der Waals surface area contributed by atoms with Crippen LogP contribution in [0.3, 0.4) is 0 Å². The number of rotatable bonds is 3. The molecule has 1 fully saturated rings. The number of hydrogen-bond acceptors (Lipinski definition) is 2. The quantitative estimate of drug-likeness (QED) is 0.911. The first-order valence-electron chi connectivity index (χ1n) is 6.51. The molecule has 0 aromatic carbocycles. The highest BCUT2D eigenvalue weighted by Crippen LogP contribution is 2.18. The Labute approximate surface area is 113 Å². The van der Waals surface area contributed by atoms with Crippen LogP contribution in [-0.4, -0.2) is 41.1 Å². The smallest absolute Gasteiger partial charge is 0.270 e. The van der Waals surface area contributed by atoms with Gasteiger partial charge in [0.2, 0.25) is 0 Å². The Balaban J connectivity index is 2.21. The molecule has 1 unspecified atom stereocenters. The Morgan fingerprint density at radius 2 is 2.39 bits per heavy atom. The van der Waals surface area contributed by atoms with Gasteiger partial charge in [0.05, 0.1) is 5.02 Å². The van der Waals surface area contributed by atoms with E-state index < -0.39 is 0 Å². The molecule has 4 nitrogen and oxygen atoms in total. The van der Waals surface area contributed by atoms with Crippen molar-refractivity contribution in [2.45, 2.75) is 32.9 Å². The van der Waals surface area contributed by atoms with Crippen molar-refractivity contribution in [3.05, 3.63) is 23.0 Å². The van der Waals surface area contributed by atoms with E-state index in [0.717, 1.165) is 32.6 Å². The van der Waals surface area contributed by atoms with Crippen molar-refractivity contribution in [3.8, 4) is 0 Å². The van der Waals surface area contributed by atoms with Gasteiger partial charge in [0, 0.05) is 38.4 Å². The van der Waals surface area contributed by atoms with Gasteiger partial charge in [-0.05, 0) is 19.4 Å². The molecule has 1 atom stereocenters. The van der Waals surface area contributed by atoms with Crippen LogP contribution in [0, 0.1) is 0 Å². The lowest BCUT2D eigenvalue weighted by Gasteiger charge is -2.34. The molecular formula is C13H20ClN3O. The molecule has 1 aliphatic heterocycles. The number of aromatic nitrogens is 1. The molecule has 5 heteroatoms. The van der Waals surface area contributed by atoms with Gasteiger partial charge in [-0.25, -0.2) is 0 Å². The summed E-state index contributed by atoms with van der Waals surface area (Å²) in [5, 5.41) is 3.92. The van der Waals surface area contributed by atoms with Crippen LogP contribution in [0.4, 0.5) is 0 Å². The molecule has 1 aromatic heterocycles. The Hall–Kier alpha value is -1.00. The molecule has 2 rings (SSSR count). The lowest BCUT2D eigenvalue weighted by Crippen LogP contribution is -2.52. The van der Waals surface area contributed by atoms with Gasteiger partial charge in [-0.15, -0.1) is 0 Å². The molecule has 1 saturated heterocycles. The minimum absolute atomic E-state index is 0.0874. The van der Waals surface area contributed by atoms with Crippen LogP contribution < -0.4 is 5.32 Å². The van der Waals surface area contributed by atoms with Crippen LogP contribution >= 0.6 is 11.6 Å². The van der Waals surface area contributed by atoms with E-state index in [2.05, 4.69) is 19.2 Å². The van der Waals surface area contributed by atoms with Crippen molar-refractivity contribution in [3.63, 3.8) is 0 Å². The maximum Gasteiger partial charge on any atom is 0.270 e. The summed E-state index contributed by atoms with van der Waals surface area (Å²) in [5.41, 5.74) is 0.704. The number of amides is 1. The average Bonchev–Trinajstić information content (AvgIpc) is 2.71. The van der Waals surface area contributed by atoms with Crippen molar-refractivity contribution in [2.75, 3.05) is 19.6 Å². The van der Waals surface area contributed by atoms with Gasteiger partial charge >= 0.3 is 0 Å². The Morgan fingerprint density at radius 3 is 3.06 bits per heavy atom. The van der Waals surface area contributed by atoms with Crippen LogP contribution in [0.25, 0.3) is 0 Å². The zero-order chi connectivity index (χ0) is 13.1. The standard InChI is InChI=1S/C13H20ClN3O/c1-3-5-16-9-11(14)7-12(16)13(18)17-6-4-15-8-10(17)2/h7,9-10,15H,3-6,8H2,1-2H3. The molecule has 0 radical (unpaired) electrons. The maximum absolute atomic E-state index is 12.5. The second kappa shape index (κ2) is 5.76. The predicted octanol–water partition coefficient (Wildman–Crippen LogP) is 1.99. The number of carbonyl (C=O) groups is 1. The molecule has 18 heavy (non-hydrogen) atoms. The summed E-state index contributed by atoms with van der Waals surface area (Å²) in [4.78, 5) is 14.5. The molecule has 100 valence electrons. The first-order chi connectivity index (χ1) is 8.63. The van der Waals surface area contributed by atoms with E-state index in [-0.39, 0.29) is 11.9 Å². The minimum atomic E-state index is 0.0874. The van der Waals surface area contributed by atoms with Crippen molar-refractivity contribution >= 4 is 17.5 Å². The zero-order valence-electron chi connectivity index (χ0n) is 10.9. The Bertz CT molecular complexity index is 430. The van der Waals surface area contributed by atoms with E-state index >= 15 is 0 Å². The molecule has 0 spiro atoms. The van der Waals surface area contributed by atoms with Gasteiger partial charge in [-0.2, -0.15) is 0 Å². The van der Waals surface area contributed by atoms with Crippen LogP contribution in [-0.2, 0) is 6.54 Å². The SMILES string of the molecule is CCCn1cc(Cl)cc1C(=O)N1CCNCC1C. The first-order valence-corrected chi connectivity index (χ1v) is 6.88. The zero-order valence-corrected chi connectivity index (χ0v) is 11.7. The number of nitrogens with zero attached hydrogens (tertiary/aromatic N) is 2. The highest BCUT2D eigenvalue weighted by Gasteiger charge is 2.26. The first kappa shape index (κ1) is 13.4. The van der Waals surface area contributed by atoms with E-state index in [1.54, 1.807) is 6.07 Å². The van der Waals surface area contributed by atoms with Crippen LogP contribution in [0.5, 0.6) is 0 Å². The third-order valence-corrected chi connectivity index (χ3v) is 3.52. The third-order valence-electron chi connectivity index (χ3n) is 3.31. The van der Waals surface area contributed by atoms with E-state index in [0.29, 0.717) is 10.7 Å². The van der Waals surface area contributed by atoms with Gasteiger partial charge in [0.1, 0.15) is 5.69 Å². The normalized spacial score (nSPS) is 20.2. The summed E-state index contributed by atoms with van der Waals surface area (Å²) in [7, 11) is 0. The third kappa shape index (κ3) is 2.70. The molecule has 0 aliphatic carbocycles. The van der Waals surface area contributed by atoms with Gasteiger partial charge in [-0.1, -0.05) is 18.5 Å².